The van der Waals surface area contributed by atoms with Crippen LogP contribution in [0, 0.1) is 0 Å². The van der Waals surface area contributed by atoms with Crippen molar-refractivity contribution in [3.63, 3.8) is 0 Å². The number of benzene rings is 2. The van der Waals surface area contributed by atoms with E-state index in [9.17, 15) is 4.79 Å². The Morgan fingerprint density at radius 1 is 1.04 bits per heavy atom. The monoisotopic (exact) mass is 373 g/mol. The van der Waals surface area contributed by atoms with Gasteiger partial charge in [0.2, 0.25) is 0 Å². The molecule has 0 fully saturated rings. The summed E-state index contributed by atoms with van der Waals surface area (Å²) in [5.74, 6) is 0. The molecule has 1 aliphatic heterocycles. The second-order valence-electron chi connectivity index (χ2n) is 5.74. The van der Waals surface area contributed by atoms with Gasteiger partial charge in [-0.3, -0.25) is 4.99 Å². The highest BCUT2D eigenvalue weighted by molar-refractivity contribution is 6.35. The smallest absolute Gasteiger partial charge is 0.319 e. The predicted octanol–water partition coefficient (Wildman–Crippen LogP) is 4.87. The van der Waals surface area contributed by atoms with Crippen LogP contribution in [-0.2, 0) is 13.0 Å². The summed E-state index contributed by atoms with van der Waals surface area (Å²) in [7, 11) is 0. The molecule has 2 aromatic rings. The Morgan fingerprint density at radius 3 is 2.36 bits per heavy atom. The Balaban J connectivity index is 1.49. The fourth-order valence-corrected chi connectivity index (χ4v) is 3.05. The highest BCUT2D eigenvalue weighted by atomic mass is 35.5. The minimum atomic E-state index is -0.312. The minimum absolute atomic E-state index is 0.235. The van der Waals surface area contributed by atoms with Gasteiger partial charge in [-0.25, -0.2) is 4.79 Å². The lowest BCUT2D eigenvalue weighted by Crippen LogP contribution is -2.28. The number of anilines is 1. The van der Waals surface area contributed by atoms with Gasteiger partial charge in [0.1, 0.15) is 0 Å². The first-order valence-electron chi connectivity index (χ1n) is 7.87. The van der Waals surface area contributed by atoms with Crippen molar-refractivity contribution < 1.29 is 4.79 Å². The number of carbonyl (C=O) groups is 1. The van der Waals surface area contributed by atoms with E-state index < -0.39 is 0 Å². The molecule has 2 amide bonds. The van der Waals surface area contributed by atoms with Gasteiger partial charge in [0.25, 0.3) is 0 Å². The molecule has 0 bridgehead atoms. The number of allylic oxidation sites excluding steroid dienone is 1. The van der Waals surface area contributed by atoms with Crippen LogP contribution in [0.25, 0.3) is 0 Å². The van der Waals surface area contributed by atoms with Crippen LogP contribution in [0.5, 0.6) is 0 Å². The summed E-state index contributed by atoms with van der Waals surface area (Å²) in [5.41, 5.74) is 2.79. The summed E-state index contributed by atoms with van der Waals surface area (Å²) < 4.78 is 0. The van der Waals surface area contributed by atoms with Crippen LogP contribution in [-0.4, -0.2) is 18.3 Å². The number of nitrogens with zero attached hydrogens (tertiary/aromatic N) is 1. The van der Waals surface area contributed by atoms with E-state index in [1.807, 2.05) is 24.4 Å². The standard InChI is InChI=1S/C19H17Cl2N3O/c20-15-9-16(21)11-18(10-15)24-19(25)23-12-14-5-3-13(4-6-14)8-17-2-1-7-22-17/h1-7,9-11,17H,8,12H2,(H2,23,24,25). The van der Waals surface area contributed by atoms with E-state index in [2.05, 4.69) is 33.8 Å². The van der Waals surface area contributed by atoms with E-state index in [1.165, 1.54) is 5.56 Å². The average Bonchev–Trinajstić information content (AvgIpc) is 3.06. The van der Waals surface area contributed by atoms with E-state index in [0.29, 0.717) is 22.3 Å². The Morgan fingerprint density at radius 2 is 1.72 bits per heavy atom. The van der Waals surface area contributed by atoms with Gasteiger partial charge >= 0.3 is 6.03 Å². The van der Waals surface area contributed by atoms with Crippen LogP contribution in [0.4, 0.5) is 10.5 Å². The number of aliphatic imine (C=N–C) groups is 1. The van der Waals surface area contributed by atoms with E-state index in [0.717, 1.165) is 12.0 Å². The third-order valence-corrected chi connectivity index (χ3v) is 4.17. The Hall–Kier alpha value is -2.30. The molecule has 0 spiro atoms. The van der Waals surface area contributed by atoms with Crippen LogP contribution < -0.4 is 10.6 Å². The number of hydrogen-bond acceptors (Lipinski definition) is 2. The first-order chi connectivity index (χ1) is 12.1. The molecular formula is C19H17Cl2N3O. The van der Waals surface area contributed by atoms with Crippen LogP contribution in [0.15, 0.2) is 59.6 Å². The van der Waals surface area contributed by atoms with Crippen molar-refractivity contribution in [3.05, 3.63) is 75.8 Å². The quantitative estimate of drug-likeness (QED) is 0.771. The van der Waals surface area contributed by atoms with Gasteiger partial charge in [0, 0.05) is 28.5 Å². The highest BCUT2D eigenvalue weighted by Crippen LogP contribution is 2.22. The van der Waals surface area contributed by atoms with Crippen LogP contribution in [0.2, 0.25) is 10.0 Å². The molecule has 0 aliphatic carbocycles. The van der Waals surface area contributed by atoms with Crippen LogP contribution in [0.1, 0.15) is 11.1 Å². The number of urea groups is 1. The Bertz CT molecular complexity index is 784. The number of rotatable bonds is 5. The van der Waals surface area contributed by atoms with Crippen molar-refractivity contribution in [2.75, 3.05) is 5.32 Å². The topological polar surface area (TPSA) is 53.5 Å². The fourth-order valence-electron chi connectivity index (χ4n) is 2.53. The van der Waals surface area contributed by atoms with Crippen molar-refractivity contribution in [1.82, 2.24) is 5.32 Å². The number of nitrogens with one attached hydrogen (secondary N) is 2. The molecule has 0 saturated carbocycles. The molecule has 2 aromatic carbocycles. The molecule has 3 rings (SSSR count). The lowest BCUT2D eigenvalue weighted by atomic mass is 10.0. The second kappa shape index (κ2) is 8.19. The summed E-state index contributed by atoms with van der Waals surface area (Å²) in [6, 6.07) is 13.0. The van der Waals surface area contributed by atoms with Crippen molar-refractivity contribution in [1.29, 1.82) is 0 Å². The molecular weight excluding hydrogens is 357 g/mol. The lowest BCUT2D eigenvalue weighted by molar-refractivity contribution is 0.251. The summed E-state index contributed by atoms with van der Waals surface area (Å²) in [4.78, 5) is 16.3. The SMILES string of the molecule is O=C(NCc1ccc(CC2C=CC=N2)cc1)Nc1cc(Cl)cc(Cl)c1. The molecule has 1 unspecified atom stereocenters. The fraction of sp³-hybridized carbons (Fsp3) is 0.158. The molecule has 1 atom stereocenters. The summed E-state index contributed by atoms with van der Waals surface area (Å²) in [6.45, 7) is 0.432. The van der Waals surface area contributed by atoms with Gasteiger partial charge in [-0.05, 0) is 41.8 Å². The summed E-state index contributed by atoms with van der Waals surface area (Å²) >= 11 is 11.8. The van der Waals surface area contributed by atoms with Gasteiger partial charge in [-0.15, -0.1) is 0 Å². The number of hydrogen-bond donors (Lipinski definition) is 2. The molecule has 1 heterocycles. The van der Waals surface area contributed by atoms with Crippen molar-refractivity contribution in [3.8, 4) is 0 Å². The largest absolute Gasteiger partial charge is 0.334 e. The molecule has 0 aromatic heterocycles. The highest BCUT2D eigenvalue weighted by Gasteiger charge is 2.07. The molecule has 128 valence electrons. The van der Waals surface area contributed by atoms with Gasteiger partial charge in [-0.1, -0.05) is 53.5 Å². The van der Waals surface area contributed by atoms with E-state index in [1.54, 1.807) is 18.2 Å². The number of amides is 2. The van der Waals surface area contributed by atoms with Crippen LogP contribution in [0.3, 0.4) is 0 Å². The van der Waals surface area contributed by atoms with Crippen molar-refractivity contribution in [2.45, 2.75) is 19.0 Å². The van der Waals surface area contributed by atoms with Gasteiger partial charge in [0.05, 0.1) is 6.04 Å². The zero-order valence-electron chi connectivity index (χ0n) is 13.4. The molecule has 2 N–H and O–H groups in total. The molecule has 25 heavy (non-hydrogen) atoms. The van der Waals surface area contributed by atoms with Crippen LogP contribution >= 0.6 is 23.2 Å². The zero-order valence-corrected chi connectivity index (χ0v) is 14.9. The van der Waals surface area contributed by atoms with E-state index in [4.69, 9.17) is 23.2 Å². The maximum atomic E-state index is 12.0. The zero-order chi connectivity index (χ0) is 17.6. The van der Waals surface area contributed by atoms with Crippen molar-refractivity contribution >= 4 is 41.1 Å². The maximum absolute atomic E-state index is 12.0. The van der Waals surface area contributed by atoms with E-state index in [-0.39, 0.29) is 12.1 Å². The lowest BCUT2D eigenvalue weighted by Gasteiger charge is -2.10. The summed E-state index contributed by atoms with van der Waals surface area (Å²) in [5, 5.41) is 6.46. The third-order valence-electron chi connectivity index (χ3n) is 3.74. The predicted molar refractivity (Wildman–Crippen MR) is 104 cm³/mol. The maximum Gasteiger partial charge on any atom is 0.319 e. The second-order valence-corrected chi connectivity index (χ2v) is 6.61. The first-order valence-corrected chi connectivity index (χ1v) is 8.63. The van der Waals surface area contributed by atoms with Gasteiger partial charge in [-0.2, -0.15) is 0 Å². The number of carbonyl (C=O) groups excluding carboxylic acids is 1. The summed E-state index contributed by atoms with van der Waals surface area (Å²) in [6.07, 6.45) is 6.77. The molecule has 6 heteroatoms. The Labute approximate surface area is 156 Å². The molecule has 0 radical (unpaired) electrons. The first kappa shape index (κ1) is 17.5. The van der Waals surface area contributed by atoms with Crippen molar-refractivity contribution in [2.24, 2.45) is 4.99 Å². The number of halogens is 2. The molecule has 0 saturated heterocycles. The van der Waals surface area contributed by atoms with Gasteiger partial charge in [0.15, 0.2) is 0 Å². The third kappa shape index (κ3) is 5.34. The van der Waals surface area contributed by atoms with Gasteiger partial charge < -0.3 is 10.6 Å². The molecule has 4 nitrogen and oxygen atoms in total. The average molecular weight is 374 g/mol. The van der Waals surface area contributed by atoms with E-state index >= 15 is 0 Å². The Kier molecular flexibility index (Phi) is 5.74. The minimum Gasteiger partial charge on any atom is -0.334 e. The normalized spacial score (nSPS) is 15.4. The molecule has 1 aliphatic rings.